The molecule has 0 fully saturated rings. The standard InChI is InChI=1S/C75H55NSSi2/c1-75(2)68-43-18-15-39-62(68)66-50-67-63-40-16-19-44-70(63)76(71(67)51-69(66)75)54-27-23-38-61(49-54)78(55-28-7-3-8-29-55,56-30-9-4-10-31-56)59-36-21-25-52(47-59)53-26-22-37-60(48-53)79(57-32-11-5-12-33-57,58-34-13-6-14-35-58)73-46-24-42-65-64-41-17-20-45-72(64)77-74(65)73/h3-51H,1-2H3. The molecule has 15 rings (SSSR count). The van der Waals surface area contributed by atoms with E-state index in [2.05, 4.69) is 316 Å². The van der Waals surface area contributed by atoms with Crippen LogP contribution in [0, 0.1) is 0 Å². The van der Waals surface area contributed by atoms with Crippen molar-refractivity contribution in [2.75, 3.05) is 0 Å². The number of thiophene rings is 1. The molecule has 0 unspecified atom stereocenters. The van der Waals surface area contributed by atoms with Crippen molar-refractivity contribution in [3.63, 3.8) is 0 Å². The average molecular weight is 1060 g/mol. The highest BCUT2D eigenvalue weighted by atomic mass is 32.1. The Morgan fingerprint density at radius 2 is 0.797 bits per heavy atom. The third kappa shape index (κ3) is 7.18. The second kappa shape index (κ2) is 18.6. The van der Waals surface area contributed by atoms with E-state index in [4.69, 9.17) is 0 Å². The Hall–Kier alpha value is -8.91. The van der Waals surface area contributed by atoms with Crippen molar-refractivity contribution in [1.82, 2.24) is 4.57 Å². The van der Waals surface area contributed by atoms with Crippen LogP contribution in [0.1, 0.15) is 25.0 Å². The number of nitrogens with zero attached hydrogens (tertiary/aromatic N) is 1. The lowest BCUT2D eigenvalue weighted by atomic mass is 9.82. The van der Waals surface area contributed by atoms with Crippen LogP contribution in [0.2, 0.25) is 0 Å². The first-order chi connectivity index (χ1) is 38.9. The van der Waals surface area contributed by atoms with Crippen LogP contribution in [0.25, 0.3) is 69.9 Å². The van der Waals surface area contributed by atoms with E-state index in [0.717, 1.165) is 0 Å². The zero-order valence-electron chi connectivity index (χ0n) is 44.1. The second-order valence-corrected chi connectivity index (χ2v) is 30.5. The maximum atomic E-state index is 2.55. The Labute approximate surface area is 468 Å². The second-order valence-electron chi connectivity index (χ2n) is 21.9. The van der Waals surface area contributed by atoms with Crippen LogP contribution >= 0.6 is 11.3 Å². The molecule has 0 atom stereocenters. The molecule has 0 spiro atoms. The lowest BCUT2D eigenvalue weighted by Crippen LogP contribution is -2.75. The van der Waals surface area contributed by atoms with Crippen LogP contribution in [-0.2, 0) is 5.41 Å². The minimum atomic E-state index is -3.08. The molecule has 1 nitrogen and oxygen atoms in total. The summed E-state index contributed by atoms with van der Waals surface area (Å²) in [6.45, 7) is 4.78. The van der Waals surface area contributed by atoms with E-state index in [0.29, 0.717) is 0 Å². The summed E-state index contributed by atoms with van der Waals surface area (Å²) >= 11 is 1.94. The van der Waals surface area contributed by atoms with Crippen LogP contribution in [0.3, 0.4) is 0 Å². The number of para-hydroxylation sites is 1. The Kier molecular flexibility index (Phi) is 11.2. The third-order valence-corrected chi connectivity index (χ3v) is 28.4. The largest absolute Gasteiger partial charge is 0.309 e. The molecule has 0 saturated heterocycles. The van der Waals surface area contributed by atoms with E-state index in [1.54, 1.807) is 0 Å². The Morgan fingerprint density at radius 3 is 1.44 bits per heavy atom. The maximum absolute atomic E-state index is 3.08. The Balaban J connectivity index is 0.952. The highest BCUT2D eigenvalue weighted by Gasteiger charge is 2.45. The number of fused-ring (bicyclic) bond motifs is 9. The van der Waals surface area contributed by atoms with Gasteiger partial charge in [-0.25, -0.2) is 0 Å². The molecule has 0 aliphatic heterocycles. The first kappa shape index (κ1) is 47.3. The van der Waals surface area contributed by atoms with Crippen molar-refractivity contribution < 1.29 is 0 Å². The molecule has 0 bridgehead atoms. The van der Waals surface area contributed by atoms with Crippen LogP contribution in [0.5, 0.6) is 0 Å². The minimum absolute atomic E-state index is 0.128. The van der Waals surface area contributed by atoms with Crippen molar-refractivity contribution in [2.45, 2.75) is 19.3 Å². The van der Waals surface area contributed by atoms with Crippen molar-refractivity contribution in [3.05, 3.63) is 308 Å². The molecular formula is C75H55NSSi2. The smallest absolute Gasteiger partial charge is 0.181 e. The number of hydrogen-bond acceptors (Lipinski definition) is 1. The normalized spacial score (nSPS) is 13.0. The predicted molar refractivity (Wildman–Crippen MR) is 344 cm³/mol. The van der Waals surface area contributed by atoms with Gasteiger partial charge in [-0.1, -0.05) is 275 Å². The molecule has 2 aromatic heterocycles. The molecule has 0 radical (unpaired) electrons. The molecule has 4 heteroatoms. The van der Waals surface area contributed by atoms with Gasteiger partial charge in [0.1, 0.15) is 0 Å². The minimum Gasteiger partial charge on any atom is -0.309 e. The number of aromatic nitrogens is 1. The summed E-state index contributed by atoms with van der Waals surface area (Å²) in [6, 6.07) is 113. The zero-order valence-corrected chi connectivity index (χ0v) is 47.0. The highest BCUT2D eigenvalue weighted by Crippen LogP contribution is 2.51. The van der Waals surface area contributed by atoms with E-state index in [-0.39, 0.29) is 5.41 Å². The van der Waals surface area contributed by atoms with Crippen molar-refractivity contribution in [3.8, 4) is 27.9 Å². The summed E-state index contributed by atoms with van der Waals surface area (Å²) in [5, 5.41) is 16.1. The average Bonchev–Trinajstić information content (AvgIpc) is 4.30. The summed E-state index contributed by atoms with van der Waals surface area (Å²) in [5.74, 6) is 0. The predicted octanol–water partition coefficient (Wildman–Crippen LogP) is 13.9. The Morgan fingerprint density at radius 1 is 0.316 bits per heavy atom. The molecule has 0 saturated carbocycles. The van der Waals surface area contributed by atoms with Crippen LogP contribution in [0.4, 0.5) is 0 Å². The van der Waals surface area contributed by atoms with Gasteiger partial charge in [-0.05, 0) is 111 Å². The number of benzene rings is 12. The van der Waals surface area contributed by atoms with Crippen LogP contribution < -0.4 is 41.5 Å². The summed E-state index contributed by atoms with van der Waals surface area (Å²) < 4.78 is 5.24. The molecule has 374 valence electrons. The van der Waals surface area contributed by atoms with Crippen molar-refractivity contribution >= 4 is 111 Å². The lowest BCUT2D eigenvalue weighted by molar-refractivity contribution is 0.661. The lowest BCUT2D eigenvalue weighted by Gasteiger charge is -2.35. The van der Waals surface area contributed by atoms with Gasteiger partial charge in [0, 0.05) is 42.0 Å². The third-order valence-electron chi connectivity index (χ3n) is 17.5. The van der Waals surface area contributed by atoms with E-state index < -0.39 is 16.1 Å². The number of hydrogen-bond donors (Lipinski definition) is 0. The fraction of sp³-hybridized carbons (Fsp3) is 0.0400. The molecule has 12 aromatic carbocycles. The molecule has 0 N–H and O–H groups in total. The van der Waals surface area contributed by atoms with Gasteiger partial charge >= 0.3 is 0 Å². The van der Waals surface area contributed by atoms with Gasteiger partial charge in [0.2, 0.25) is 0 Å². The van der Waals surface area contributed by atoms with Gasteiger partial charge < -0.3 is 4.57 Å². The summed E-state index contributed by atoms with van der Waals surface area (Å²) in [6.07, 6.45) is 0. The van der Waals surface area contributed by atoms with Gasteiger partial charge in [0.05, 0.1) is 11.0 Å². The molecule has 14 aromatic rings. The first-order valence-corrected chi connectivity index (χ1v) is 32.4. The van der Waals surface area contributed by atoms with E-state index in [9.17, 15) is 0 Å². The zero-order chi connectivity index (χ0) is 52.7. The molecule has 1 aliphatic carbocycles. The van der Waals surface area contributed by atoms with E-state index in [1.807, 2.05) is 11.3 Å². The molecule has 79 heavy (non-hydrogen) atoms. The van der Waals surface area contributed by atoms with Crippen LogP contribution in [0.15, 0.2) is 297 Å². The van der Waals surface area contributed by atoms with Crippen LogP contribution in [-0.4, -0.2) is 20.7 Å². The Bertz CT molecular complexity index is 4560. The molecule has 1 aliphatic rings. The molecule has 2 heterocycles. The molecule has 0 amide bonds. The van der Waals surface area contributed by atoms with Crippen molar-refractivity contribution in [1.29, 1.82) is 0 Å². The summed E-state index contributed by atoms with van der Waals surface area (Å²) in [4.78, 5) is 0. The first-order valence-electron chi connectivity index (χ1n) is 27.6. The van der Waals surface area contributed by atoms with E-state index >= 15 is 0 Å². The fourth-order valence-electron chi connectivity index (χ4n) is 13.9. The maximum Gasteiger partial charge on any atom is 0.181 e. The summed E-state index contributed by atoms with van der Waals surface area (Å²) in [7, 11) is -6.07. The quantitative estimate of drug-likeness (QED) is 0.0950. The van der Waals surface area contributed by atoms with Gasteiger partial charge in [-0.2, -0.15) is 0 Å². The van der Waals surface area contributed by atoms with Gasteiger partial charge in [0.15, 0.2) is 16.1 Å². The van der Waals surface area contributed by atoms with E-state index in [1.165, 1.54) is 123 Å². The number of rotatable bonds is 10. The summed E-state index contributed by atoms with van der Waals surface area (Å²) in [5.41, 5.74) is 11.4. The van der Waals surface area contributed by atoms with Gasteiger partial charge in [0.25, 0.3) is 0 Å². The van der Waals surface area contributed by atoms with Gasteiger partial charge in [-0.15, -0.1) is 11.3 Å². The topological polar surface area (TPSA) is 4.93 Å². The fourth-order valence-corrected chi connectivity index (χ4v) is 25.3. The monoisotopic (exact) mass is 1060 g/mol. The SMILES string of the molecule is CC1(C)c2ccccc2-c2cc3c4ccccc4n(-c4cccc([Si](c5ccccc5)(c5ccccc5)c5cccc(-c6cccc([Si](c7ccccc7)(c7ccccc7)c7cccc8c7sc7ccccc78)c6)c5)c4)c3cc21. The van der Waals surface area contributed by atoms with Crippen molar-refractivity contribution in [2.24, 2.45) is 0 Å². The van der Waals surface area contributed by atoms with Gasteiger partial charge in [-0.3, -0.25) is 0 Å². The molecular weight excluding hydrogens is 1000 g/mol. The highest BCUT2D eigenvalue weighted by molar-refractivity contribution is 7.30.